The summed E-state index contributed by atoms with van der Waals surface area (Å²) < 4.78 is 0. The topological polar surface area (TPSA) is 107 Å². The van der Waals surface area contributed by atoms with Crippen molar-refractivity contribution >= 4 is 63.9 Å². The zero-order valence-corrected chi connectivity index (χ0v) is 24.5. The molecular formula is C33H27Cl2N3O5. The predicted octanol–water partition coefficient (Wildman–Crippen LogP) is 5.33. The third kappa shape index (κ3) is 3.82. The highest BCUT2D eigenvalue weighted by molar-refractivity contribution is 6.53. The quantitative estimate of drug-likeness (QED) is 0.233. The molecule has 0 bridgehead atoms. The molecule has 8 nitrogen and oxygen atoms in total. The molecule has 3 fully saturated rings. The Hall–Kier alpha value is -4.14. The van der Waals surface area contributed by atoms with Crippen LogP contribution in [0.2, 0.25) is 0 Å². The Morgan fingerprint density at radius 3 is 2.23 bits per heavy atom. The van der Waals surface area contributed by atoms with E-state index in [-0.39, 0.29) is 30.4 Å². The van der Waals surface area contributed by atoms with Gasteiger partial charge in [0.25, 0.3) is 11.8 Å². The van der Waals surface area contributed by atoms with Crippen LogP contribution < -0.4 is 10.2 Å². The number of halogens is 2. The van der Waals surface area contributed by atoms with E-state index in [2.05, 4.69) is 5.32 Å². The number of para-hydroxylation sites is 1. The lowest BCUT2D eigenvalue weighted by molar-refractivity contribution is -0.138. The Morgan fingerprint density at radius 1 is 0.837 bits per heavy atom. The molecule has 3 aromatic rings. The molecule has 6 atom stereocenters. The second kappa shape index (κ2) is 9.69. The van der Waals surface area contributed by atoms with E-state index in [1.807, 2.05) is 36.4 Å². The van der Waals surface area contributed by atoms with Gasteiger partial charge in [-0.25, -0.2) is 0 Å². The fourth-order valence-electron chi connectivity index (χ4n) is 7.46. The van der Waals surface area contributed by atoms with Gasteiger partial charge in [0.2, 0.25) is 11.8 Å². The van der Waals surface area contributed by atoms with E-state index in [9.17, 15) is 24.3 Å². The summed E-state index contributed by atoms with van der Waals surface area (Å²) in [5.74, 6) is -4.99. The number of fused-ring (bicyclic) bond motifs is 4. The molecule has 1 saturated carbocycles. The van der Waals surface area contributed by atoms with Crippen molar-refractivity contribution in [3.8, 4) is 5.75 Å². The lowest BCUT2D eigenvalue weighted by Crippen LogP contribution is -2.60. The first-order chi connectivity index (χ1) is 20.6. The lowest BCUT2D eigenvalue weighted by Gasteiger charge is -2.50. The van der Waals surface area contributed by atoms with Gasteiger partial charge in [-0.1, -0.05) is 42.0 Å². The van der Waals surface area contributed by atoms with Gasteiger partial charge in [-0.3, -0.25) is 29.0 Å². The summed E-state index contributed by atoms with van der Waals surface area (Å²) in [5.41, 5.74) is 3.33. The smallest absolute Gasteiger partial charge is 0.253 e. The van der Waals surface area contributed by atoms with Crippen LogP contribution in [0, 0.1) is 17.8 Å². The first-order valence-corrected chi connectivity index (χ1v) is 14.8. The molecule has 0 unspecified atom stereocenters. The van der Waals surface area contributed by atoms with Crippen molar-refractivity contribution in [2.45, 2.75) is 28.5 Å². The second-order valence-corrected chi connectivity index (χ2v) is 12.9. The molecule has 43 heavy (non-hydrogen) atoms. The third-order valence-corrected chi connectivity index (χ3v) is 10.8. The van der Waals surface area contributed by atoms with Crippen molar-refractivity contribution in [2.75, 3.05) is 17.3 Å². The number of hydrogen-bond donors (Lipinski definition) is 2. The SMILES string of the molecule is CN1C(=O)[C@]2(Cl)C[C@@H]3C(=CC[C@@H]4C(=O)N(c5ccc(Nc6ccccc6)cc5)C(=O)[C@@H]43)[C@H](c3cccc(O)c3)[C@]2(Cl)C1=O. The van der Waals surface area contributed by atoms with Gasteiger partial charge in [0.1, 0.15) is 5.75 Å². The van der Waals surface area contributed by atoms with Gasteiger partial charge in [0, 0.05) is 24.3 Å². The van der Waals surface area contributed by atoms with E-state index in [0.717, 1.165) is 16.3 Å². The van der Waals surface area contributed by atoms with E-state index in [4.69, 9.17) is 23.2 Å². The molecule has 4 aliphatic rings. The number of hydrogen-bond acceptors (Lipinski definition) is 6. The summed E-state index contributed by atoms with van der Waals surface area (Å²) >= 11 is 14.3. The van der Waals surface area contributed by atoms with Crippen molar-refractivity contribution in [3.63, 3.8) is 0 Å². The molecule has 218 valence electrons. The molecule has 2 saturated heterocycles. The fraction of sp³-hybridized carbons (Fsp3) is 0.273. The van der Waals surface area contributed by atoms with Crippen LogP contribution >= 0.6 is 23.2 Å². The van der Waals surface area contributed by atoms with E-state index in [1.165, 1.54) is 24.1 Å². The van der Waals surface area contributed by atoms with Crippen molar-refractivity contribution in [1.82, 2.24) is 4.90 Å². The molecular weight excluding hydrogens is 589 g/mol. The Balaban J connectivity index is 1.27. The zero-order valence-electron chi connectivity index (χ0n) is 23.0. The lowest BCUT2D eigenvalue weighted by atomic mass is 9.56. The number of rotatable bonds is 4. The number of alkyl halides is 2. The molecule has 2 heterocycles. The summed E-state index contributed by atoms with van der Waals surface area (Å²) in [7, 11) is 1.35. The maximum Gasteiger partial charge on any atom is 0.253 e. The number of phenols is 1. The fourth-order valence-corrected chi connectivity index (χ4v) is 8.48. The van der Waals surface area contributed by atoms with E-state index < -0.39 is 45.2 Å². The average molecular weight is 617 g/mol. The zero-order chi connectivity index (χ0) is 30.3. The summed E-state index contributed by atoms with van der Waals surface area (Å²) in [6.07, 6.45) is 2.06. The summed E-state index contributed by atoms with van der Waals surface area (Å²) in [6.45, 7) is 0. The minimum atomic E-state index is -1.88. The Bertz CT molecular complexity index is 1730. The minimum absolute atomic E-state index is 0.0389. The van der Waals surface area contributed by atoms with Crippen molar-refractivity contribution in [1.29, 1.82) is 0 Å². The van der Waals surface area contributed by atoms with Crippen LogP contribution in [0.5, 0.6) is 5.75 Å². The molecule has 2 aliphatic carbocycles. The largest absolute Gasteiger partial charge is 0.508 e. The number of carbonyl (C=O) groups is 4. The molecule has 2 N–H and O–H groups in total. The van der Waals surface area contributed by atoms with Gasteiger partial charge in [-0.15, -0.1) is 23.2 Å². The van der Waals surface area contributed by atoms with Crippen LogP contribution in [0.4, 0.5) is 17.1 Å². The average Bonchev–Trinajstić information content (AvgIpc) is 3.33. The van der Waals surface area contributed by atoms with Gasteiger partial charge in [0.15, 0.2) is 9.75 Å². The van der Waals surface area contributed by atoms with Gasteiger partial charge >= 0.3 is 0 Å². The number of nitrogens with zero attached hydrogens (tertiary/aromatic N) is 2. The van der Waals surface area contributed by atoms with Gasteiger partial charge in [-0.05, 0) is 72.9 Å². The van der Waals surface area contributed by atoms with E-state index in [1.54, 1.807) is 36.4 Å². The molecule has 0 radical (unpaired) electrons. The molecule has 3 aromatic carbocycles. The first kappa shape index (κ1) is 27.7. The number of carbonyl (C=O) groups excluding carboxylic acids is 4. The maximum absolute atomic E-state index is 14.1. The van der Waals surface area contributed by atoms with Crippen LogP contribution in [-0.2, 0) is 19.2 Å². The number of allylic oxidation sites excluding steroid dienone is 2. The van der Waals surface area contributed by atoms with Crippen LogP contribution in [0.1, 0.15) is 24.3 Å². The Morgan fingerprint density at radius 2 is 1.53 bits per heavy atom. The van der Waals surface area contributed by atoms with Crippen LogP contribution in [0.15, 0.2) is 90.5 Å². The normalized spacial score (nSPS) is 31.5. The number of amides is 4. The van der Waals surface area contributed by atoms with Crippen molar-refractivity contribution in [2.24, 2.45) is 17.8 Å². The highest BCUT2D eigenvalue weighted by Crippen LogP contribution is 2.65. The monoisotopic (exact) mass is 615 g/mol. The summed E-state index contributed by atoms with van der Waals surface area (Å²) in [5, 5.41) is 13.6. The summed E-state index contributed by atoms with van der Waals surface area (Å²) in [6, 6.07) is 23.0. The van der Waals surface area contributed by atoms with E-state index in [0.29, 0.717) is 16.8 Å². The highest BCUT2D eigenvalue weighted by Gasteiger charge is 2.75. The molecule has 10 heteroatoms. The molecule has 4 amide bonds. The molecule has 7 rings (SSSR count). The van der Waals surface area contributed by atoms with Crippen LogP contribution in [0.25, 0.3) is 0 Å². The number of likely N-dealkylation sites (tertiary alicyclic amines) is 1. The van der Waals surface area contributed by atoms with Crippen molar-refractivity contribution in [3.05, 3.63) is 96.1 Å². The van der Waals surface area contributed by atoms with E-state index >= 15 is 0 Å². The Labute approximate surface area is 257 Å². The predicted molar refractivity (Wildman–Crippen MR) is 162 cm³/mol. The number of aromatic hydroxyl groups is 1. The Kier molecular flexibility index (Phi) is 6.24. The number of phenolic OH excluding ortho intramolecular Hbond substituents is 1. The maximum atomic E-state index is 14.1. The first-order valence-electron chi connectivity index (χ1n) is 14.1. The second-order valence-electron chi connectivity index (χ2n) is 11.6. The molecule has 0 spiro atoms. The highest BCUT2D eigenvalue weighted by atomic mass is 35.5. The molecule has 2 aliphatic heterocycles. The van der Waals surface area contributed by atoms with Gasteiger partial charge in [-0.2, -0.15) is 0 Å². The standard InChI is InChI=1S/C33H27Cl2N3O5/c1-37-30(42)32(34)17-25-23(27(33(32,35)31(37)43)18-6-5-9-22(39)16-18)14-15-24-26(25)29(41)38(28(24)40)21-12-10-20(11-13-21)36-19-7-3-2-4-8-19/h2-14,16,24-27,36,39H,15,17H2,1H3/t24-,25+,26-,27-,32+,33-/m0/s1. The van der Waals surface area contributed by atoms with Crippen LogP contribution in [0.3, 0.4) is 0 Å². The van der Waals surface area contributed by atoms with Gasteiger partial charge in [0.05, 0.1) is 17.5 Å². The van der Waals surface area contributed by atoms with Gasteiger partial charge < -0.3 is 10.4 Å². The van der Waals surface area contributed by atoms with Crippen molar-refractivity contribution < 1.29 is 24.3 Å². The minimum Gasteiger partial charge on any atom is -0.508 e. The third-order valence-electron chi connectivity index (χ3n) is 9.41. The number of anilines is 3. The number of nitrogens with one attached hydrogen (secondary N) is 1. The van der Waals surface area contributed by atoms with Crippen LogP contribution in [-0.4, -0.2) is 50.4 Å². The summed E-state index contributed by atoms with van der Waals surface area (Å²) in [4.78, 5) is 53.5. The number of benzene rings is 3. The molecule has 0 aromatic heterocycles. The number of imide groups is 2.